The van der Waals surface area contributed by atoms with Crippen LogP contribution in [0.5, 0.6) is 0 Å². The Morgan fingerprint density at radius 1 is 1.12 bits per heavy atom. The molecule has 5 nitrogen and oxygen atoms in total. The summed E-state index contributed by atoms with van der Waals surface area (Å²) in [5.74, 6) is 0.135. The molecule has 0 bridgehead atoms. The second-order valence-electron chi connectivity index (χ2n) is 10.3. The molecule has 1 aliphatic rings. The third-order valence-corrected chi connectivity index (χ3v) is 9.91. The molecule has 0 unspecified atom stereocenters. The molecule has 3 aromatic heterocycles. The van der Waals surface area contributed by atoms with Crippen molar-refractivity contribution in [3.63, 3.8) is 0 Å². The van der Waals surface area contributed by atoms with Gasteiger partial charge in [0, 0.05) is 27.5 Å². The highest BCUT2D eigenvalue weighted by molar-refractivity contribution is 7.99. The lowest BCUT2D eigenvalue weighted by Gasteiger charge is -2.17. The van der Waals surface area contributed by atoms with E-state index in [0.717, 1.165) is 46.7 Å². The molecular formula is C31H27ClFN3O2S2. The third-order valence-electron chi connectivity index (χ3n) is 7.54. The Balaban J connectivity index is 1.37. The third kappa shape index (κ3) is 4.72. The van der Waals surface area contributed by atoms with Crippen LogP contribution >= 0.6 is 34.7 Å². The highest BCUT2D eigenvalue weighted by Crippen LogP contribution is 2.37. The molecule has 0 radical (unpaired) electrons. The maximum absolute atomic E-state index is 14.0. The predicted molar refractivity (Wildman–Crippen MR) is 162 cm³/mol. The molecule has 6 rings (SSSR count). The summed E-state index contributed by atoms with van der Waals surface area (Å²) in [7, 11) is 0. The number of halogens is 2. The second kappa shape index (κ2) is 10.7. The number of Topliss-reactive ketones (excluding diaryl/α,β-unsaturated/α-hetero) is 1. The van der Waals surface area contributed by atoms with Gasteiger partial charge in [-0.2, -0.15) is 0 Å². The average Bonchev–Trinajstić information content (AvgIpc) is 3.45. The first-order valence-electron chi connectivity index (χ1n) is 13.2. The normalized spacial score (nSPS) is 15.0. The van der Waals surface area contributed by atoms with E-state index in [4.69, 9.17) is 16.6 Å². The molecule has 2 aromatic carbocycles. The van der Waals surface area contributed by atoms with Gasteiger partial charge in [0.05, 0.1) is 21.8 Å². The molecular weight excluding hydrogens is 565 g/mol. The number of ketones is 1. The predicted octanol–water partition coefficient (Wildman–Crippen LogP) is 7.75. The Labute approximate surface area is 244 Å². The van der Waals surface area contributed by atoms with Crippen LogP contribution in [0.4, 0.5) is 4.39 Å². The van der Waals surface area contributed by atoms with Crippen LogP contribution < -0.4 is 5.56 Å². The number of aromatic nitrogens is 3. The fourth-order valence-electron chi connectivity index (χ4n) is 5.55. The van der Waals surface area contributed by atoms with E-state index < -0.39 is 5.82 Å². The molecule has 3 heterocycles. The van der Waals surface area contributed by atoms with Crippen LogP contribution in [0, 0.1) is 25.6 Å². The summed E-state index contributed by atoms with van der Waals surface area (Å²) in [5, 5.41) is 1.24. The molecule has 0 saturated carbocycles. The van der Waals surface area contributed by atoms with E-state index in [2.05, 4.69) is 6.92 Å². The molecule has 0 spiro atoms. The molecule has 0 aliphatic heterocycles. The van der Waals surface area contributed by atoms with Crippen LogP contribution in [0.2, 0.25) is 5.02 Å². The summed E-state index contributed by atoms with van der Waals surface area (Å²) in [4.78, 5) is 34.5. The molecule has 1 atom stereocenters. The Morgan fingerprint density at radius 2 is 1.90 bits per heavy atom. The van der Waals surface area contributed by atoms with Gasteiger partial charge < -0.3 is 4.57 Å². The molecule has 5 aromatic rings. The van der Waals surface area contributed by atoms with Crippen molar-refractivity contribution in [3.05, 3.63) is 103 Å². The summed E-state index contributed by atoms with van der Waals surface area (Å²) in [6.07, 6.45) is 2.93. The van der Waals surface area contributed by atoms with Crippen LogP contribution in [0.15, 0.2) is 64.5 Å². The lowest BCUT2D eigenvalue weighted by Crippen LogP contribution is -2.23. The quantitative estimate of drug-likeness (QED) is 0.115. The van der Waals surface area contributed by atoms with Crippen LogP contribution in [-0.4, -0.2) is 25.7 Å². The van der Waals surface area contributed by atoms with E-state index in [0.29, 0.717) is 27.7 Å². The Bertz CT molecular complexity index is 1840. The SMILES string of the molecule is Cc1cc(C(=O)CSc2nc3sc4c(c3c(=O)n2-c2ccccc2)CC[C@H](C)C4)c(C)n1-c1ccc(F)c(Cl)c1. The maximum Gasteiger partial charge on any atom is 0.267 e. The first-order chi connectivity index (χ1) is 19.2. The number of carbonyl (C=O) groups is 1. The Kier molecular flexibility index (Phi) is 7.19. The largest absolute Gasteiger partial charge is 0.318 e. The van der Waals surface area contributed by atoms with E-state index in [1.807, 2.05) is 54.8 Å². The summed E-state index contributed by atoms with van der Waals surface area (Å²) in [5.41, 5.74) is 4.63. The van der Waals surface area contributed by atoms with Gasteiger partial charge in [-0.1, -0.05) is 48.5 Å². The van der Waals surface area contributed by atoms with Gasteiger partial charge in [0.2, 0.25) is 0 Å². The average molecular weight is 592 g/mol. The van der Waals surface area contributed by atoms with Crippen molar-refractivity contribution in [2.45, 2.75) is 45.2 Å². The Hall–Kier alpha value is -3.20. The van der Waals surface area contributed by atoms with Gasteiger partial charge >= 0.3 is 0 Å². The fourth-order valence-corrected chi connectivity index (χ4v) is 8.04. The molecule has 0 saturated heterocycles. The molecule has 9 heteroatoms. The molecule has 0 N–H and O–H groups in total. The van der Waals surface area contributed by atoms with Gasteiger partial charge in [0.15, 0.2) is 10.9 Å². The fraction of sp³-hybridized carbons (Fsp3) is 0.258. The zero-order chi connectivity index (χ0) is 28.1. The minimum Gasteiger partial charge on any atom is -0.318 e. The first kappa shape index (κ1) is 27.0. The van der Waals surface area contributed by atoms with E-state index >= 15 is 0 Å². The highest BCUT2D eigenvalue weighted by Gasteiger charge is 2.26. The van der Waals surface area contributed by atoms with Crippen molar-refractivity contribution in [2.24, 2.45) is 5.92 Å². The lowest BCUT2D eigenvalue weighted by atomic mass is 9.89. The van der Waals surface area contributed by atoms with Crippen molar-refractivity contribution >= 4 is 50.7 Å². The lowest BCUT2D eigenvalue weighted by molar-refractivity contribution is 0.102. The van der Waals surface area contributed by atoms with Crippen LogP contribution in [0.25, 0.3) is 21.6 Å². The van der Waals surface area contributed by atoms with Gasteiger partial charge in [0.25, 0.3) is 5.56 Å². The van der Waals surface area contributed by atoms with Crippen molar-refractivity contribution in [1.82, 2.24) is 14.1 Å². The summed E-state index contributed by atoms with van der Waals surface area (Å²) >= 11 is 8.91. The molecule has 1 aliphatic carbocycles. The van der Waals surface area contributed by atoms with Gasteiger partial charge in [-0.3, -0.25) is 14.2 Å². The van der Waals surface area contributed by atoms with E-state index in [-0.39, 0.29) is 22.1 Å². The zero-order valence-electron chi connectivity index (χ0n) is 22.3. The zero-order valence-corrected chi connectivity index (χ0v) is 24.7. The van der Waals surface area contributed by atoms with E-state index in [1.54, 1.807) is 28.0 Å². The van der Waals surface area contributed by atoms with Gasteiger partial charge in [0.1, 0.15) is 10.6 Å². The minimum absolute atomic E-state index is 0.0264. The highest BCUT2D eigenvalue weighted by atomic mass is 35.5. The number of thioether (sulfide) groups is 1. The van der Waals surface area contributed by atoms with Crippen molar-refractivity contribution in [3.8, 4) is 11.4 Å². The standard InChI is InChI=1S/C31H27ClFN3O2S2/c1-17-9-11-22-27(13-17)40-29-28(22)30(38)36(20-7-5-4-6-8-20)31(34-29)39-16-26(37)23-14-18(2)35(19(23)3)21-10-12-25(33)24(32)15-21/h4-8,10,12,14-15,17H,9,11,13,16H2,1-3H3/t17-/m0/s1. The first-order valence-corrected chi connectivity index (χ1v) is 15.3. The smallest absolute Gasteiger partial charge is 0.267 e. The number of fused-ring (bicyclic) bond motifs is 3. The Morgan fingerprint density at radius 3 is 2.65 bits per heavy atom. The maximum atomic E-state index is 14.0. The van der Waals surface area contributed by atoms with Gasteiger partial charge in [-0.25, -0.2) is 9.37 Å². The second-order valence-corrected chi connectivity index (χ2v) is 12.8. The number of hydrogen-bond donors (Lipinski definition) is 0. The number of thiophene rings is 1. The molecule has 0 amide bonds. The summed E-state index contributed by atoms with van der Waals surface area (Å²) < 4.78 is 17.3. The number of rotatable bonds is 6. The van der Waals surface area contributed by atoms with E-state index in [9.17, 15) is 14.0 Å². The van der Waals surface area contributed by atoms with E-state index in [1.165, 1.54) is 22.7 Å². The number of para-hydroxylation sites is 1. The van der Waals surface area contributed by atoms with Crippen molar-refractivity contribution in [2.75, 3.05) is 5.75 Å². The van der Waals surface area contributed by atoms with Crippen LogP contribution in [0.3, 0.4) is 0 Å². The van der Waals surface area contributed by atoms with Crippen LogP contribution in [-0.2, 0) is 12.8 Å². The molecule has 40 heavy (non-hydrogen) atoms. The molecule has 204 valence electrons. The number of aryl methyl sites for hydroxylation is 2. The monoisotopic (exact) mass is 591 g/mol. The number of carbonyl (C=O) groups excluding carboxylic acids is 1. The summed E-state index contributed by atoms with van der Waals surface area (Å²) in [6, 6.07) is 15.8. The minimum atomic E-state index is -0.490. The summed E-state index contributed by atoms with van der Waals surface area (Å²) in [6.45, 7) is 6.01. The molecule has 0 fully saturated rings. The number of benzene rings is 2. The topological polar surface area (TPSA) is 56.9 Å². The number of hydrogen-bond acceptors (Lipinski definition) is 5. The van der Waals surface area contributed by atoms with Crippen molar-refractivity contribution in [1.29, 1.82) is 0 Å². The van der Waals surface area contributed by atoms with Gasteiger partial charge in [-0.15, -0.1) is 11.3 Å². The van der Waals surface area contributed by atoms with Crippen LogP contribution in [0.1, 0.15) is 45.5 Å². The number of nitrogens with zero attached hydrogens (tertiary/aromatic N) is 3. The van der Waals surface area contributed by atoms with Gasteiger partial charge in [-0.05, 0) is 81.0 Å². The van der Waals surface area contributed by atoms with Crippen molar-refractivity contribution < 1.29 is 9.18 Å².